The van der Waals surface area contributed by atoms with Crippen LogP contribution in [0.3, 0.4) is 0 Å². The van der Waals surface area contributed by atoms with Crippen molar-refractivity contribution in [3.05, 3.63) is 191 Å². The van der Waals surface area contributed by atoms with Crippen LogP contribution in [-0.4, -0.2) is 11.7 Å². The Bertz CT molecular complexity index is 2160. The van der Waals surface area contributed by atoms with Crippen molar-refractivity contribution in [1.82, 2.24) is 5.32 Å². The number of hydrogen-bond acceptors (Lipinski definition) is 3. The fraction of sp³-hybridized carbons (Fsp3) is 0.0952. The number of nitrogens with one attached hydrogen (secondary N) is 1. The molecule has 0 radical (unpaired) electrons. The summed E-state index contributed by atoms with van der Waals surface area (Å²) in [5.74, 6) is 2.43. The number of fused-ring (bicyclic) bond motifs is 9. The predicted molar refractivity (Wildman–Crippen MR) is 182 cm³/mol. The van der Waals surface area contributed by atoms with Gasteiger partial charge in [-0.25, -0.2) is 9.98 Å². The lowest BCUT2D eigenvalue weighted by Crippen LogP contribution is -2.36. The number of aliphatic imine (C=N–C) groups is 2. The molecular formula is C42H29N3. The van der Waals surface area contributed by atoms with Gasteiger partial charge in [0.2, 0.25) is 0 Å². The smallest absolute Gasteiger partial charge is 0.169 e. The average Bonchev–Trinajstić information content (AvgIpc) is 3.85. The second-order valence-electron chi connectivity index (χ2n) is 12.5. The first-order valence-electron chi connectivity index (χ1n) is 15.8. The van der Waals surface area contributed by atoms with Crippen LogP contribution in [-0.2, 0) is 5.41 Å². The van der Waals surface area contributed by atoms with Crippen LogP contribution in [0.15, 0.2) is 162 Å². The summed E-state index contributed by atoms with van der Waals surface area (Å²) >= 11 is 0. The molecule has 1 saturated carbocycles. The Balaban J connectivity index is 1.18. The third-order valence-corrected chi connectivity index (χ3v) is 10.4. The SMILES string of the molecule is c1ccc(C2=NC(c3ccc4c(c3)C3[C@@H]5c6ccccc6-c6ccccc6C35c3ccccc3-4)N=C(c3ccccc3)N2)cc1. The van der Waals surface area contributed by atoms with E-state index >= 15 is 0 Å². The van der Waals surface area contributed by atoms with Crippen LogP contribution in [0.2, 0.25) is 0 Å². The molecule has 1 N–H and O–H groups in total. The average molecular weight is 576 g/mol. The summed E-state index contributed by atoms with van der Waals surface area (Å²) in [6.07, 6.45) is -0.351. The van der Waals surface area contributed by atoms with Gasteiger partial charge in [-0.1, -0.05) is 152 Å². The highest BCUT2D eigenvalue weighted by molar-refractivity contribution is 6.15. The Hall–Kier alpha value is -5.54. The van der Waals surface area contributed by atoms with E-state index in [4.69, 9.17) is 9.98 Å². The molecule has 0 bridgehead atoms. The van der Waals surface area contributed by atoms with Crippen LogP contribution >= 0.6 is 0 Å². The van der Waals surface area contributed by atoms with Gasteiger partial charge in [-0.2, -0.15) is 0 Å². The van der Waals surface area contributed by atoms with Gasteiger partial charge < -0.3 is 5.32 Å². The maximum Gasteiger partial charge on any atom is 0.169 e. The minimum Gasteiger partial charge on any atom is -0.324 e. The first-order chi connectivity index (χ1) is 22.3. The monoisotopic (exact) mass is 575 g/mol. The Morgan fingerprint density at radius 2 is 0.933 bits per heavy atom. The molecule has 3 atom stereocenters. The molecule has 10 rings (SSSR count). The molecule has 45 heavy (non-hydrogen) atoms. The lowest BCUT2D eigenvalue weighted by atomic mass is 9.70. The number of amidine groups is 2. The van der Waals surface area contributed by atoms with E-state index in [1.54, 1.807) is 0 Å². The second-order valence-corrected chi connectivity index (χ2v) is 12.5. The molecule has 3 nitrogen and oxygen atoms in total. The van der Waals surface area contributed by atoms with Crippen molar-refractivity contribution < 1.29 is 0 Å². The summed E-state index contributed by atoms with van der Waals surface area (Å²) < 4.78 is 0. The molecule has 1 heterocycles. The Morgan fingerprint density at radius 1 is 0.444 bits per heavy atom. The van der Waals surface area contributed by atoms with E-state index in [-0.39, 0.29) is 11.6 Å². The minimum absolute atomic E-state index is 0.0712. The molecule has 1 spiro atoms. The maximum atomic E-state index is 5.21. The number of benzene rings is 6. The molecule has 6 aromatic rings. The zero-order valence-electron chi connectivity index (χ0n) is 24.6. The largest absolute Gasteiger partial charge is 0.324 e. The molecule has 212 valence electrons. The lowest BCUT2D eigenvalue weighted by Gasteiger charge is -2.33. The summed E-state index contributed by atoms with van der Waals surface area (Å²) in [6, 6.07) is 55.0. The van der Waals surface area contributed by atoms with E-state index in [1.165, 1.54) is 44.5 Å². The van der Waals surface area contributed by atoms with E-state index in [2.05, 4.69) is 145 Å². The van der Waals surface area contributed by atoms with Crippen LogP contribution in [0.5, 0.6) is 0 Å². The molecule has 0 aromatic heterocycles. The van der Waals surface area contributed by atoms with Gasteiger partial charge in [0.05, 0.1) is 0 Å². The van der Waals surface area contributed by atoms with Crippen molar-refractivity contribution in [2.24, 2.45) is 9.98 Å². The quantitative estimate of drug-likeness (QED) is 0.225. The van der Waals surface area contributed by atoms with Crippen molar-refractivity contribution in [3.63, 3.8) is 0 Å². The Labute approximate surface area is 262 Å². The molecule has 1 aliphatic heterocycles. The summed E-state index contributed by atoms with van der Waals surface area (Å²) in [5, 5.41) is 3.54. The van der Waals surface area contributed by atoms with Gasteiger partial charge in [-0.3, -0.25) is 0 Å². The first kappa shape index (κ1) is 24.9. The molecule has 0 saturated heterocycles. The van der Waals surface area contributed by atoms with Crippen LogP contribution < -0.4 is 5.32 Å². The van der Waals surface area contributed by atoms with Gasteiger partial charge in [0, 0.05) is 28.4 Å². The van der Waals surface area contributed by atoms with E-state index in [0.29, 0.717) is 11.8 Å². The number of rotatable bonds is 3. The first-order valence-corrected chi connectivity index (χ1v) is 15.8. The van der Waals surface area contributed by atoms with E-state index in [9.17, 15) is 0 Å². The Kier molecular flexibility index (Phi) is 5.10. The normalized spacial score (nSPS) is 21.8. The standard InChI is InChI=1S/C42H29N3/c1-3-13-26(14-4-1)39-43-40(27-15-5-2-6-16-27)45-41(44-39)28-23-24-30-32-19-10-12-22-36(32)42-35-21-11-9-18-31(35)29-17-7-8-20-33(29)37(42)38(42)34(30)25-28/h1-25,37-38,41H,(H,43,44,45)/t37-,38?,42?/m0/s1. The van der Waals surface area contributed by atoms with Crippen LogP contribution in [0.4, 0.5) is 0 Å². The molecule has 2 unspecified atom stereocenters. The Morgan fingerprint density at radius 3 is 1.56 bits per heavy atom. The summed E-state index contributed by atoms with van der Waals surface area (Å²) in [5.41, 5.74) is 14.4. The molecule has 6 aromatic carbocycles. The maximum absolute atomic E-state index is 5.21. The summed E-state index contributed by atoms with van der Waals surface area (Å²) in [6.45, 7) is 0. The highest BCUT2D eigenvalue weighted by atomic mass is 15.2. The van der Waals surface area contributed by atoms with Crippen molar-refractivity contribution in [2.45, 2.75) is 23.4 Å². The molecule has 0 amide bonds. The number of hydrogen-bond donors (Lipinski definition) is 1. The topological polar surface area (TPSA) is 36.8 Å². The zero-order valence-corrected chi connectivity index (χ0v) is 24.6. The number of nitrogens with zero attached hydrogens (tertiary/aromatic N) is 2. The van der Waals surface area contributed by atoms with Gasteiger partial charge in [-0.05, 0) is 50.1 Å². The molecular weight excluding hydrogens is 546 g/mol. The zero-order chi connectivity index (χ0) is 29.5. The highest BCUT2D eigenvalue weighted by Gasteiger charge is 2.72. The fourth-order valence-corrected chi connectivity index (χ4v) is 8.55. The van der Waals surface area contributed by atoms with Gasteiger partial charge in [0.1, 0.15) is 11.7 Å². The summed E-state index contributed by atoms with van der Waals surface area (Å²) in [7, 11) is 0. The molecule has 3 heteroatoms. The fourth-order valence-electron chi connectivity index (χ4n) is 8.55. The van der Waals surface area contributed by atoms with E-state index in [0.717, 1.165) is 28.4 Å². The second kappa shape index (κ2) is 9.23. The van der Waals surface area contributed by atoms with Gasteiger partial charge in [0.15, 0.2) is 6.17 Å². The van der Waals surface area contributed by atoms with Crippen molar-refractivity contribution in [3.8, 4) is 22.3 Å². The van der Waals surface area contributed by atoms with Gasteiger partial charge >= 0.3 is 0 Å². The third kappa shape index (κ3) is 3.41. The predicted octanol–water partition coefficient (Wildman–Crippen LogP) is 9.01. The molecule has 3 aliphatic carbocycles. The van der Waals surface area contributed by atoms with Crippen LogP contribution in [0, 0.1) is 0 Å². The van der Waals surface area contributed by atoms with Gasteiger partial charge in [0.25, 0.3) is 0 Å². The van der Waals surface area contributed by atoms with Gasteiger partial charge in [-0.15, -0.1) is 0 Å². The van der Waals surface area contributed by atoms with Crippen LogP contribution in [0.25, 0.3) is 22.3 Å². The molecule has 1 fully saturated rings. The highest BCUT2D eigenvalue weighted by Crippen LogP contribution is 2.80. The summed E-state index contributed by atoms with van der Waals surface area (Å²) in [4.78, 5) is 10.4. The van der Waals surface area contributed by atoms with E-state index < -0.39 is 0 Å². The third-order valence-electron chi connectivity index (χ3n) is 10.4. The molecule has 4 aliphatic rings. The van der Waals surface area contributed by atoms with Crippen molar-refractivity contribution in [2.75, 3.05) is 0 Å². The van der Waals surface area contributed by atoms with E-state index in [1.807, 2.05) is 12.1 Å². The van der Waals surface area contributed by atoms with Crippen LogP contribution in [0.1, 0.15) is 56.9 Å². The van der Waals surface area contributed by atoms with Crippen molar-refractivity contribution in [1.29, 1.82) is 0 Å². The van der Waals surface area contributed by atoms with Crippen molar-refractivity contribution >= 4 is 11.7 Å². The minimum atomic E-state index is -0.351. The lowest BCUT2D eigenvalue weighted by molar-refractivity contribution is 0.746.